The maximum Gasteiger partial charge on any atom is 0.251 e. The Morgan fingerprint density at radius 2 is 2.31 bits per heavy atom. The molecule has 0 heterocycles. The maximum absolute atomic E-state index is 11.8. The highest BCUT2D eigenvalue weighted by Crippen LogP contribution is 2.46. The van der Waals surface area contributed by atoms with E-state index in [1.54, 1.807) is 6.07 Å². The van der Waals surface area contributed by atoms with Crippen molar-refractivity contribution in [1.82, 2.24) is 5.32 Å². The van der Waals surface area contributed by atoms with Crippen molar-refractivity contribution in [3.63, 3.8) is 0 Å². The van der Waals surface area contributed by atoms with Crippen LogP contribution in [0.15, 0.2) is 29.2 Å². The molecule has 0 radical (unpaired) electrons. The summed E-state index contributed by atoms with van der Waals surface area (Å²) in [5.74, 6) is -0.00350. The third kappa shape index (κ3) is 2.74. The van der Waals surface area contributed by atoms with Gasteiger partial charge in [0.05, 0.1) is 0 Å². The number of rotatable bonds is 4. The summed E-state index contributed by atoms with van der Waals surface area (Å²) in [4.78, 5) is 12.7. The molecule has 16 heavy (non-hydrogen) atoms. The van der Waals surface area contributed by atoms with Crippen LogP contribution in [0.25, 0.3) is 0 Å². The number of hydrogen-bond acceptors (Lipinski definition) is 3. The Morgan fingerprint density at radius 3 is 2.88 bits per heavy atom. The molecule has 1 amide bonds. The molecule has 86 valence electrons. The summed E-state index contributed by atoms with van der Waals surface area (Å²) >= 11 is 6.07. The number of benzene rings is 1. The fourth-order valence-electron chi connectivity index (χ4n) is 1.58. The Labute approximate surface area is 106 Å². The summed E-state index contributed by atoms with van der Waals surface area (Å²) in [5.41, 5.74) is 0.685. The molecule has 2 nitrogen and oxygen atoms in total. The van der Waals surface area contributed by atoms with E-state index in [9.17, 15) is 4.79 Å². The van der Waals surface area contributed by atoms with Gasteiger partial charge in [0.2, 0.25) is 0 Å². The van der Waals surface area contributed by atoms with Crippen LogP contribution in [0.3, 0.4) is 0 Å². The lowest BCUT2D eigenvalue weighted by Gasteiger charge is -2.13. The van der Waals surface area contributed by atoms with Gasteiger partial charge in [-0.1, -0.05) is 6.07 Å². The van der Waals surface area contributed by atoms with Crippen molar-refractivity contribution in [2.75, 3.05) is 12.8 Å². The Balaban J connectivity index is 1.93. The number of hydrogen-bond donors (Lipinski definition) is 2. The molecule has 1 aromatic carbocycles. The Morgan fingerprint density at radius 1 is 1.56 bits per heavy atom. The van der Waals surface area contributed by atoms with E-state index in [1.165, 1.54) is 12.8 Å². The van der Waals surface area contributed by atoms with Gasteiger partial charge in [-0.3, -0.25) is 4.79 Å². The quantitative estimate of drug-likeness (QED) is 0.808. The predicted octanol–water partition coefficient (Wildman–Crippen LogP) is 2.60. The van der Waals surface area contributed by atoms with E-state index in [-0.39, 0.29) is 5.91 Å². The minimum atomic E-state index is -0.00350. The molecule has 4 heteroatoms. The smallest absolute Gasteiger partial charge is 0.251 e. The molecule has 1 aliphatic rings. The van der Waals surface area contributed by atoms with Crippen LogP contribution in [-0.2, 0) is 0 Å². The third-order valence-corrected chi connectivity index (χ3v) is 4.62. The fraction of sp³-hybridized carbons (Fsp3) is 0.417. The number of thiol groups is 1. The van der Waals surface area contributed by atoms with Crippen molar-refractivity contribution in [3.8, 4) is 0 Å². The van der Waals surface area contributed by atoms with Gasteiger partial charge in [0.15, 0.2) is 0 Å². The Bertz CT molecular complexity index is 402. The Kier molecular flexibility index (Phi) is 3.50. The van der Waals surface area contributed by atoms with Crippen LogP contribution in [-0.4, -0.2) is 23.5 Å². The van der Waals surface area contributed by atoms with E-state index < -0.39 is 0 Å². The summed E-state index contributed by atoms with van der Waals surface area (Å²) < 4.78 is 0.314. The summed E-state index contributed by atoms with van der Waals surface area (Å²) in [5, 5.41) is 2.99. The van der Waals surface area contributed by atoms with Crippen molar-refractivity contribution < 1.29 is 4.79 Å². The zero-order chi connectivity index (χ0) is 11.6. The molecule has 0 aromatic heterocycles. The predicted molar refractivity (Wildman–Crippen MR) is 71.5 cm³/mol. The topological polar surface area (TPSA) is 29.1 Å². The molecule has 0 aliphatic heterocycles. The lowest BCUT2D eigenvalue weighted by atomic mass is 10.2. The van der Waals surface area contributed by atoms with Gasteiger partial charge < -0.3 is 5.32 Å². The lowest BCUT2D eigenvalue weighted by molar-refractivity contribution is 0.0953. The van der Waals surface area contributed by atoms with Crippen LogP contribution in [0.5, 0.6) is 0 Å². The average molecular weight is 253 g/mol. The molecule has 1 aromatic rings. The molecule has 0 atom stereocenters. The molecule has 0 saturated heterocycles. The van der Waals surface area contributed by atoms with Crippen LogP contribution >= 0.6 is 24.4 Å². The van der Waals surface area contributed by atoms with Gasteiger partial charge in [0, 0.05) is 21.8 Å². The highest BCUT2D eigenvalue weighted by atomic mass is 32.2. The van der Waals surface area contributed by atoms with Crippen molar-refractivity contribution in [2.45, 2.75) is 22.5 Å². The van der Waals surface area contributed by atoms with E-state index in [1.807, 2.05) is 30.0 Å². The van der Waals surface area contributed by atoms with Gasteiger partial charge in [-0.25, -0.2) is 0 Å². The zero-order valence-corrected chi connectivity index (χ0v) is 10.9. The third-order valence-electron chi connectivity index (χ3n) is 2.92. The lowest BCUT2D eigenvalue weighted by Crippen LogP contribution is -2.31. The highest BCUT2D eigenvalue weighted by Gasteiger charge is 2.41. The molecule has 1 N–H and O–H groups in total. The summed E-state index contributed by atoms with van der Waals surface area (Å²) in [7, 11) is 0. The maximum atomic E-state index is 11.8. The molecule has 0 spiro atoms. The summed E-state index contributed by atoms with van der Waals surface area (Å²) in [6.45, 7) is 0.768. The fourth-order valence-corrected chi connectivity index (χ4v) is 2.54. The molecule has 1 fully saturated rings. The highest BCUT2D eigenvalue weighted by molar-refractivity contribution is 8.00. The van der Waals surface area contributed by atoms with Gasteiger partial charge >= 0.3 is 0 Å². The molecule has 0 bridgehead atoms. The van der Waals surface area contributed by atoms with Crippen LogP contribution < -0.4 is 5.32 Å². The monoisotopic (exact) mass is 253 g/mol. The molecule has 2 rings (SSSR count). The van der Waals surface area contributed by atoms with Gasteiger partial charge in [-0.05, 0) is 37.3 Å². The normalized spacial score (nSPS) is 16.9. The van der Waals surface area contributed by atoms with Crippen molar-refractivity contribution in [1.29, 1.82) is 0 Å². The number of carbonyl (C=O) groups is 1. The van der Waals surface area contributed by atoms with Crippen molar-refractivity contribution >= 4 is 30.3 Å². The molecule has 1 aliphatic carbocycles. The first-order valence-corrected chi connectivity index (χ1v) is 6.95. The van der Waals surface area contributed by atoms with Crippen LogP contribution in [0.1, 0.15) is 23.2 Å². The van der Waals surface area contributed by atoms with Crippen molar-refractivity contribution in [3.05, 3.63) is 29.8 Å². The standard InChI is InChI=1S/C12H15NOS2/c1-16-12(5-6-12)8-13-11(14)9-3-2-4-10(15)7-9/h2-4,7,15H,5-6,8H2,1H3,(H,13,14). The molecular formula is C12H15NOS2. The van der Waals surface area contributed by atoms with Crippen LogP contribution in [0.2, 0.25) is 0 Å². The minimum absolute atomic E-state index is 0.00350. The van der Waals surface area contributed by atoms with Gasteiger partial charge in [-0.2, -0.15) is 11.8 Å². The largest absolute Gasteiger partial charge is 0.351 e. The number of carbonyl (C=O) groups excluding carboxylic acids is 1. The van der Waals surface area contributed by atoms with Crippen LogP contribution in [0.4, 0.5) is 0 Å². The first-order chi connectivity index (χ1) is 7.65. The number of thioether (sulfide) groups is 1. The van der Waals surface area contributed by atoms with E-state index in [2.05, 4.69) is 24.2 Å². The first kappa shape index (κ1) is 11.9. The molecular weight excluding hydrogens is 238 g/mol. The second-order valence-corrected chi connectivity index (χ2v) is 5.91. The SMILES string of the molecule is CSC1(CNC(=O)c2cccc(S)c2)CC1. The van der Waals surface area contributed by atoms with Crippen LogP contribution in [0, 0.1) is 0 Å². The average Bonchev–Trinajstić information content (AvgIpc) is 3.07. The number of nitrogens with one attached hydrogen (secondary N) is 1. The Hall–Kier alpha value is -0.610. The first-order valence-electron chi connectivity index (χ1n) is 5.28. The molecule has 0 unspecified atom stereocenters. The van der Waals surface area contributed by atoms with Gasteiger partial charge in [-0.15, -0.1) is 12.6 Å². The van der Waals surface area contributed by atoms with E-state index in [0.717, 1.165) is 11.4 Å². The van der Waals surface area contributed by atoms with Gasteiger partial charge in [0.25, 0.3) is 5.91 Å². The molecule has 1 saturated carbocycles. The van der Waals surface area contributed by atoms with Crippen molar-refractivity contribution in [2.24, 2.45) is 0 Å². The summed E-state index contributed by atoms with van der Waals surface area (Å²) in [6, 6.07) is 7.31. The zero-order valence-electron chi connectivity index (χ0n) is 9.19. The minimum Gasteiger partial charge on any atom is -0.351 e. The van der Waals surface area contributed by atoms with E-state index in [4.69, 9.17) is 0 Å². The number of amides is 1. The van der Waals surface area contributed by atoms with Gasteiger partial charge in [0.1, 0.15) is 0 Å². The second-order valence-electron chi connectivity index (χ2n) is 4.12. The van der Waals surface area contributed by atoms with E-state index in [0.29, 0.717) is 10.3 Å². The summed E-state index contributed by atoms with van der Waals surface area (Å²) in [6.07, 6.45) is 4.52. The second kappa shape index (κ2) is 4.72. The van der Waals surface area contributed by atoms with E-state index >= 15 is 0 Å².